The van der Waals surface area contributed by atoms with Crippen molar-refractivity contribution in [1.82, 2.24) is 10.1 Å². The number of aromatic nitrogens is 1. The van der Waals surface area contributed by atoms with Crippen molar-refractivity contribution in [3.05, 3.63) is 60.9 Å². The number of aliphatic hydroxyl groups excluding tert-OH is 1. The molecule has 1 aliphatic rings. The number of piperazine rings is 1. The first-order chi connectivity index (χ1) is 14.7. The van der Waals surface area contributed by atoms with Crippen LogP contribution in [0.4, 0.5) is 5.69 Å². The van der Waals surface area contributed by atoms with Crippen LogP contribution < -0.4 is 14.4 Å². The largest absolute Gasteiger partial charge is 0.495 e. The predicted molar refractivity (Wildman–Crippen MR) is 115 cm³/mol. The molecule has 1 N–H and O–H groups in total. The van der Waals surface area contributed by atoms with Gasteiger partial charge in [-0.1, -0.05) is 29.4 Å². The molecule has 1 atom stereocenters. The molecule has 3 aromatic rings. The molecule has 0 radical (unpaired) electrons. The Balaban J connectivity index is 1.28. The van der Waals surface area contributed by atoms with E-state index in [1.165, 1.54) is 6.26 Å². The van der Waals surface area contributed by atoms with Crippen LogP contribution in [0.5, 0.6) is 11.5 Å². The average Bonchev–Trinajstić information content (AvgIpc) is 3.33. The van der Waals surface area contributed by atoms with E-state index in [4.69, 9.17) is 14.0 Å². The molecule has 0 saturated carbocycles. The van der Waals surface area contributed by atoms with Crippen LogP contribution in [0.2, 0.25) is 0 Å². The second-order valence-corrected chi connectivity index (χ2v) is 7.31. The van der Waals surface area contributed by atoms with Gasteiger partial charge in [-0.05, 0) is 24.3 Å². The van der Waals surface area contributed by atoms with Gasteiger partial charge in [0.25, 0.3) is 0 Å². The first-order valence-electron chi connectivity index (χ1n) is 10.2. The van der Waals surface area contributed by atoms with Gasteiger partial charge in [-0.3, -0.25) is 4.90 Å². The average molecular weight is 409 g/mol. The van der Waals surface area contributed by atoms with E-state index in [0.717, 1.165) is 43.2 Å². The van der Waals surface area contributed by atoms with Gasteiger partial charge in [0.2, 0.25) is 0 Å². The van der Waals surface area contributed by atoms with E-state index in [-0.39, 0.29) is 6.61 Å². The van der Waals surface area contributed by atoms with Gasteiger partial charge in [0, 0.05) is 44.4 Å². The van der Waals surface area contributed by atoms with Gasteiger partial charge < -0.3 is 24.0 Å². The summed E-state index contributed by atoms with van der Waals surface area (Å²) in [6.45, 7) is 4.34. The third-order valence-corrected chi connectivity index (χ3v) is 5.30. The quantitative estimate of drug-likeness (QED) is 0.613. The summed E-state index contributed by atoms with van der Waals surface area (Å²) in [7, 11) is 1.70. The zero-order chi connectivity index (χ0) is 20.8. The summed E-state index contributed by atoms with van der Waals surface area (Å²) in [5.74, 6) is 1.58. The molecule has 0 aliphatic carbocycles. The van der Waals surface area contributed by atoms with Crippen molar-refractivity contribution in [2.45, 2.75) is 6.10 Å². The lowest BCUT2D eigenvalue weighted by molar-refractivity contribution is 0.0664. The molecule has 0 spiro atoms. The molecule has 4 rings (SSSR count). The number of methoxy groups -OCH3 is 1. The highest BCUT2D eigenvalue weighted by molar-refractivity contribution is 5.66. The van der Waals surface area contributed by atoms with Crippen molar-refractivity contribution < 1.29 is 19.1 Å². The number of aliphatic hydroxyl groups is 1. The summed E-state index contributed by atoms with van der Waals surface area (Å²) in [6.07, 6.45) is 0.958. The van der Waals surface area contributed by atoms with Gasteiger partial charge in [0.15, 0.2) is 0 Å². The highest BCUT2D eigenvalue weighted by Crippen LogP contribution is 2.29. The van der Waals surface area contributed by atoms with Gasteiger partial charge >= 0.3 is 0 Å². The lowest BCUT2D eigenvalue weighted by atomic mass is 10.1. The number of benzene rings is 2. The Morgan fingerprint density at radius 1 is 1.00 bits per heavy atom. The summed E-state index contributed by atoms with van der Waals surface area (Å²) < 4.78 is 16.3. The number of hydrogen-bond acceptors (Lipinski definition) is 7. The number of nitrogens with zero attached hydrogens (tertiary/aromatic N) is 3. The zero-order valence-electron chi connectivity index (χ0n) is 17.1. The van der Waals surface area contributed by atoms with Crippen LogP contribution >= 0.6 is 0 Å². The number of rotatable bonds is 8. The van der Waals surface area contributed by atoms with Gasteiger partial charge in [-0.2, -0.15) is 0 Å². The topological polar surface area (TPSA) is 71.2 Å². The van der Waals surface area contributed by atoms with Gasteiger partial charge in [-0.25, -0.2) is 0 Å². The third-order valence-electron chi connectivity index (χ3n) is 5.30. The fourth-order valence-corrected chi connectivity index (χ4v) is 3.75. The van der Waals surface area contributed by atoms with E-state index in [1.807, 2.05) is 42.5 Å². The van der Waals surface area contributed by atoms with E-state index in [1.54, 1.807) is 13.2 Å². The molecule has 1 saturated heterocycles. The zero-order valence-corrected chi connectivity index (χ0v) is 17.1. The maximum atomic E-state index is 10.5. The molecule has 0 amide bonds. The molecule has 1 aliphatic heterocycles. The number of anilines is 1. The number of hydrogen-bond donors (Lipinski definition) is 1. The molecule has 2 aromatic carbocycles. The van der Waals surface area contributed by atoms with Crippen molar-refractivity contribution in [2.75, 3.05) is 51.3 Å². The van der Waals surface area contributed by atoms with E-state index in [0.29, 0.717) is 18.0 Å². The Bertz CT molecular complexity index is 924. The lowest BCUT2D eigenvalue weighted by Gasteiger charge is -2.37. The summed E-state index contributed by atoms with van der Waals surface area (Å²) in [6, 6.07) is 17.5. The van der Waals surface area contributed by atoms with Crippen molar-refractivity contribution in [1.29, 1.82) is 0 Å². The second kappa shape index (κ2) is 9.65. The molecule has 7 nitrogen and oxygen atoms in total. The number of ether oxygens (including phenoxy) is 2. The van der Waals surface area contributed by atoms with Crippen LogP contribution in [-0.2, 0) is 0 Å². The Kier molecular flexibility index (Phi) is 6.51. The van der Waals surface area contributed by atoms with Crippen molar-refractivity contribution in [3.63, 3.8) is 0 Å². The molecule has 2 heterocycles. The Morgan fingerprint density at radius 2 is 1.73 bits per heavy atom. The highest BCUT2D eigenvalue weighted by atomic mass is 16.5. The Hall–Kier alpha value is -3.03. The summed E-state index contributed by atoms with van der Waals surface area (Å²) in [5, 5.41) is 14.5. The minimum atomic E-state index is -0.576. The minimum Gasteiger partial charge on any atom is -0.495 e. The first-order valence-corrected chi connectivity index (χ1v) is 10.2. The molecule has 1 fully saturated rings. The van der Waals surface area contributed by atoms with Crippen molar-refractivity contribution in [3.8, 4) is 22.8 Å². The molecule has 1 aromatic heterocycles. The molecular formula is C23H27N3O4. The van der Waals surface area contributed by atoms with Crippen LogP contribution in [0.3, 0.4) is 0 Å². The number of para-hydroxylation sites is 3. The van der Waals surface area contributed by atoms with Crippen molar-refractivity contribution >= 4 is 5.69 Å². The van der Waals surface area contributed by atoms with Crippen LogP contribution in [0.15, 0.2) is 65.4 Å². The van der Waals surface area contributed by atoms with Gasteiger partial charge in [-0.15, -0.1) is 0 Å². The second-order valence-electron chi connectivity index (χ2n) is 7.31. The maximum Gasteiger partial charge on any atom is 0.142 e. The van der Waals surface area contributed by atoms with Gasteiger partial charge in [0.1, 0.15) is 36.2 Å². The van der Waals surface area contributed by atoms with Crippen LogP contribution in [0.25, 0.3) is 11.3 Å². The monoisotopic (exact) mass is 409 g/mol. The minimum absolute atomic E-state index is 0.224. The standard InChI is InChI=1S/C23H27N3O4/c1-28-23-9-5-3-7-21(23)26-13-11-25(12-14-26)16-18(27)17-29-22-8-4-2-6-19(22)20-10-15-30-24-20/h2-10,15,18,27H,11-14,16-17H2,1H3. The maximum absolute atomic E-state index is 10.5. The molecule has 158 valence electrons. The fraction of sp³-hybridized carbons (Fsp3) is 0.348. The van der Waals surface area contributed by atoms with E-state index in [9.17, 15) is 5.11 Å². The third kappa shape index (κ3) is 4.75. The molecule has 0 bridgehead atoms. The summed E-state index contributed by atoms with van der Waals surface area (Å²) >= 11 is 0. The summed E-state index contributed by atoms with van der Waals surface area (Å²) in [5.41, 5.74) is 2.68. The molecule has 30 heavy (non-hydrogen) atoms. The van der Waals surface area contributed by atoms with Crippen LogP contribution in [-0.4, -0.2) is 67.7 Å². The normalized spacial score (nSPS) is 15.7. The fourth-order valence-electron chi connectivity index (χ4n) is 3.75. The predicted octanol–water partition coefficient (Wildman–Crippen LogP) is 2.91. The Morgan fingerprint density at radius 3 is 2.47 bits per heavy atom. The Labute approximate surface area is 176 Å². The molecule has 7 heteroatoms. The SMILES string of the molecule is COc1ccccc1N1CCN(CC(O)COc2ccccc2-c2ccon2)CC1. The van der Waals surface area contributed by atoms with Gasteiger partial charge in [0.05, 0.1) is 12.8 Å². The lowest BCUT2D eigenvalue weighted by Crippen LogP contribution is -2.49. The molecular weight excluding hydrogens is 382 g/mol. The summed E-state index contributed by atoms with van der Waals surface area (Å²) in [4.78, 5) is 4.59. The van der Waals surface area contributed by atoms with E-state index < -0.39 is 6.10 Å². The number of β-amino-alcohol motifs (C(OH)–C–C–N with tert-alkyl or cyclic N) is 1. The smallest absolute Gasteiger partial charge is 0.142 e. The van der Waals surface area contributed by atoms with Crippen LogP contribution in [0, 0.1) is 0 Å². The van der Waals surface area contributed by atoms with Crippen molar-refractivity contribution in [2.24, 2.45) is 0 Å². The first kappa shape index (κ1) is 20.3. The van der Waals surface area contributed by atoms with Crippen LogP contribution in [0.1, 0.15) is 0 Å². The van der Waals surface area contributed by atoms with E-state index in [2.05, 4.69) is 21.0 Å². The van der Waals surface area contributed by atoms with E-state index >= 15 is 0 Å². The highest BCUT2D eigenvalue weighted by Gasteiger charge is 2.21. The molecule has 1 unspecified atom stereocenters.